The van der Waals surface area contributed by atoms with E-state index in [0.29, 0.717) is 30.7 Å². The summed E-state index contributed by atoms with van der Waals surface area (Å²) in [5.74, 6) is 2.87. The van der Waals surface area contributed by atoms with Crippen LogP contribution in [0.3, 0.4) is 0 Å². The molecule has 144 valence electrons. The number of anilines is 1. The van der Waals surface area contributed by atoms with Gasteiger partial charge >= 0.3 is 0 Å². The minimum atomic E-state index is 0.118. The smallest absolute Gasteiger partial charge is 0.236 e. The molecule has 0 unspecified atom stereocenters. The second-order valence-electron chi connectivity index (χ2n) is 5.79. The van der Waals surface area contributed by atoms with Crippen LogP contribution in [0.4, 0.5) is 5.88 Å². The molecular formula is C21H21N3O4. The molecule has 0 radical (unpaired) electrons. The van der Waals surface area contributed by atoms with Crippen LogP contribution in [0.25, 0.3) is 0 Å². The predicted octanol–water partition coefficient (Wildman–Crippen LogP) is 4.14. The highest BCUT2D eigenvalue weighted by Gasteiger charge is 2.13. The maximum absolute atomic E-state index is 9.28. The zero-order valence-electron chi connectivity index (χ0n) is 15.8. The molecule has 3 rings (SSSR count). The summed E-state index contributed by atoms with van der Waals surface area (Å²) in [7, 11) is 1.62. The van der Waals surface area contributed by atoms with Gasteiger partial charge in [0.15, 0.2) is 6.61 Å². The number of nitrogens with zero attached hydrogens (tertiary/aromatic N) is 2. The second kappa shape index (κ2) is 9.33. The monoisotopic (exact) mass is 379 g/mol. The van der Waals surface area contributed by atoms with E-state index in [4.69, 9.17) is 18.6 Å². The Morgan fingerprint density at radius 2 is 1.64 bits per heavy atom. The fourth-order valence-electron chi connectivity index (χ4n) is 2.49. The van der Waals surface area contributed by atoms with Crippen LogP contribution in [0, 0.1) is 11.3 Å². The number of hydrogen-bond donors (Lipinski definition) is 1. The molecule has 0 bridgehead atoms. The van der Waals surface area contributed by atoms with Crippen LogP contribution in [0.5, 0.6) is 17.2 Å². The van der Waals surface area contributed by atoms with Crippen molar-refractivity contribution >= 4 is 5.88 Å². The molecular weight excluding hydrogens is 358 g/mol. The Balaban J connectivity index is 1.59. The van der Waals surface area contributed by atoms with Crippen molar-refractivity contribution in [1.29, 1.82) is 5.26 Å². The molecule has 0 aliphatic rings. The molecule has 28 heavy (non-hydrogen) atoms. The number of nitriles is 1. The van der Waals surface area contributed by atoms with E-state index in [0.717, 1.165) is 17.1 Å². The molecule has 1 aromatic heterocycles. The third kappa shape index (κ3) is 4.95. The Morgan fingerprint density at radius 1 is 1.00 bits per heavy atom. The van der Waals surface area contributed by atoms with Crippen molar-refractivity contribution in [2.24, 2.45) is 0 Å². The maximum atomic E-state index is 9.28. The van der Waals surface area contributed by atoms with E-state index in [2.05, 4.69) is 10.3 Å². The Morgan fingerprint density at radius 3 is 2.25 bits per heavy atom. The molecule has 0 aliphatic heterocycles. The van der Waals surface area contributed by atoms with Crippen molar-refractivity contribution < 1.29 is 18.6 Å². The van der Waals surface area contributed by atoms with Gasteiger partial charge in [-0.3, -0.25) is 0 Å². The molecule has 0 aliphatic carbocycles. The lowest BCUT2D eigenvalue weighted by Gasteiger charge is -2.06. The molecule has 1 N–H and O–H groups in total. The zero-order chi connectivity index (χ0) is 19.8. The Kier molecular flexibility index (Phi) is 6.37. The maximum Gasteiger partial charge on any atom is 0.236 e. The van der Waals surface area contributed by atoms with Crippen LogP contribution in [-0.2, 0) is 13.2 Å². The molecule has 0 saturated heterocycles. The van der Waals surface area contributed by atoms with E-state index in [-0.39, 0.29) is 12.3 Å². The topological polar surface area (TPSA) is 89.5 Å². The second-order valence-corrected chi connectivity index (χ2v) is 5.79. The van der Waals surface area contributed by atoms with Gasteiger partial charge in [0.2, 0.25) is 17.5 Å². The molecule has 7 heteroatoms. The van der Waals surface area contributed by atoms with E-state index in [1.165, 1.54) is 0 Å². The molecule has 7 nitrogen and oxygen atoms in total. The quantitative estimate of drug-likeness (QED) is 0.597. The molecule has 1 heterocycles. The highest BCUT2D eigenvalue weighted by Crippen LogP contribution is 2.22. The lowest BCUT2D eigenvalue weighted by Crippen LogP contribution is -1.99. The Hall–Kier alpha value is -3.66. The van der Waals surface area contributed by atoms with Gasteiger partial charge < -0.3 is 23.9 Å². The van der Waals surface area contributed by atoms with Crippen LogP contribution in [0.15, 0.2) is 52.9 Å². The third-order valence-electron chi connectivity index (χ3n) is 3.89. The van der Waals surface area contributed by atoms with Crippen molar-refractivity contribution in [1.82, 2.24) is 4.98 Å². The van der Waals surface area contributed by atoms with Crippen molar-refractivity contribution in [2.75, 3.05) is 19.0 Å². The number of ether oxygens (including phenoxy) is 3. The predicted molar refractivity (Wildman–Crippen MR) is 103 cm³/mol. The van der Waals surface area contributed by atoms with Gasteiger partial charge in [0.1, 0.15) is 23.3 Å². The van der Waals surface area contributed by atoms with Crippen LogP contribution in [0.2, 0.25) is 0 Å². The van der Waals surface area contributed by atoms with Crippen LogP contribution in [-0.4, -0.2) is 18.7 Å². The lowest BCUT2D eigenvalue weighted by molar-refractivity contribution is 0.264. The number of benzene rings is 2. The number of nitrogens with one attached hydrogen (secondary N) is 1. The van der Waals surface area contributed by atoms with Crippen LogP contribution >= 0.6 is 0 Å². The summed E-state index contributed by atoms with van der Waals surface area (Å²) < 4.78 is 21.8. The highest BCUT2D eigenvalue weighted by molar-refractivity contribution is 5.46. The summed E-state index contributed by atoms with van der Waals surface area (Å²) in [6.45, 7) is 3.15. The van der Waals surface area contributed by atoms with Crippen LogP contribution in [0.1, 0.15) is 24.1 Å². The fraction of sp³-hybridized carbons (Fsp3) is 0.238. The summed E-state index contributed by atoms with van der Waals surface area (Å²) in [5.41, 5.74) is 1.21. The SMILES string of the molecule is CCOc1ccc(OCc2nc(C#N)c(NCc3ccc(OC)cc3)o2)cc1. The largest absolute Gasteiger partial charge is 0.497 e. The number of oxazole rings is 1. The number of rotatable bonds is 9. The number of methoxy groups -OCH3 is 1. The first kappa shape index (κ1) is 19.1. The fourth-order valence-corrected chi connectivity index (χ4v) is 2.49. The molecule has 0 saturated carbocycles. The van der Waals surface area contributed by atoms with Crippen molar-refractivity contribution in [3.63, 3.8) is 0 Å². The Bertz CT molecular complexity index is 928. The van der Waals surface area contributed by atoms with Gasteiger partial charge in [0.25, 0.3) is 0 Å². The first-order valence-corrected chi connectivity index (χ1v) is 8.84. The van der Waals surface area contributed by atoms with Gasteiger partial charge in [-0.1, -0.05) is 12.1 Å². The van der Waals surface area contributed by atoms with E-state index in [1.807, 2.05) is 61.5 Å². The highest BCUT2D eigenvalue weighted by atomic mass is 16.5. The molecule has 2 aromatic carbocycles. The van der Waals surface area contributed by atoms with Gasteiger partial charge in [0, 0.05) is 6.54 Å². The first-order valence-electron chi connectivity index (χ1n) is 8.84. The molecule has 0 atom stereocenters. The molecule has 3 aromatic rings. The van der Waals surface area contributed by atoms with Crippen LogP contribution < -0.4 is 19.5 Å². The van der Waals surface area contributed by atoms with Gasteiger partial charge in [-0.2, -0.15) is 10.2 Å². The normalized spacial score (nSPS) is 10.2. The van der Waals surface area contributed by atoms with Crippen molar-refractivity contribution in [3.8, 4) is 23.3 Å². The first-order chi connectivity index (χ1) is 13.7. The van der Waals surface area contributed by atoms with Gasteiger partial charge in [-0.15, -0.1) is 0 Å². The third-order valence-corrected chi connectivity index (χ3v) is 3.89. The lowest BCUT2D eigenvalue weighted by atomic mass is 10.2. The summed E-state index contributed by atoms with van der Waals surface area (Å²) in [4.78, 5) is 4.17. The van der Waals surface area contributed by atoms with E-state index in [9.17, 15) is 5.26 Å². The summed E-state index contributed by atoms with van der Waals surface area (Å²) >= 11 is 0. The minimum absolute atomic E-state index is 0.118. The number of hydrogen-bond acceptors (Lipinski definition) is 7. The van der Waals surface area contributed by atoms with Gasteiger partial charge in [0.05, 0.1) is 13.7 Å². The average Bonchev–Trinajstić information content (AvgIpc) is 3.14. The Labute approximate surface area is 163 Å². The summed E-state index contributed by atoms with van der Waals surface area (Å²) in [6.07, 6.45) is 0. The van der Waals surface area contributed by atoms with E-state index in [1.54, 1.807) is 7.11 Å². The summed E-state index contributed by atoms with van der Waals surface area (Å²) in [5, 5.41) is 12.4. The zero-order valence-corrected chi connectivity index (χ0v) is 15.8. The summed E-state index contributed by atoms with van der Waals surface area (Å²) in [6, 6.07) is 16.9. The molecule has 0 amide bonds. The molecule has 0 spiro atoms. The van der Waals surface area contributed by atoms with Crippen molar-refractivity contribution in [3.05, 3.63) is 65.7 Å². The average molecular weight is 379 g/mol. The number of aromatic nitrogens is 1. The van der Waals surface area contributed by atoms with E-state index >= 15 is 0 Å². The van der Waals surface area contributed by atoms with Gasteiger partial charge in [-0.05, 0) is 48.9 Å². The van der Waals surface area contributed by atoms with Gasteiger partial charge in [-0.25, -0.2) is 0 Å². The standard InChI is InChI=1S/C21H21N3O4/c1-3-26-17-8-10-18(11-9-17)27-14-20-24-19(12-22)21(28-20)23-13-15-4-6-16(25-2)7-5-15/h4-11,23H,3,13-14H2,1-2H3. The molecule has 0 fully saturated rings. The van der Waals surface area contributed by atoms with Crippen molar-refractivity contribution in [2.45, 2.75) is 20.1 Å². The van der Waals surface area contributed by atoms with E-state index < -0.39 is 0 Å². The minimum Gasteiger partial charge on any atom is -0.497 e.